The second kappa shape index (κ2) is 10.3. The van der Waals surface area contributed by atoms with Crippen LogP contribution in [0, 0.1) is 6.92 Å². The van der Waals surface area contributed by atoms with E-state index in [-0.39, 0.29) is 23.5 Å². The maximum absolute atomic E-state index is 12.4. The Balaban J connectivity index is 1.28. The van der Waals surface area contributed by atoms with Crippen molar-refractivity contribution in [3.05, 3.63) is 78.0 Å². The highest BCUT2D eigenvalue weighted by Crippen LogP contribution is 2.27. The van der Waals surface area contributed by atoms with Gasteiger partial charge in [-0.25, -0.2) is 0 Å². The van der Waals surface area contributed by atoms with Crippen molar-refractivity contribution in [2.45, 2.75) is 38.7 Å². The van der Waals surface area contributed by atoms with Crippen LogP contribution in [0.25, 0.3) is 28.7 Å². The van der Waals surface area contributed by atoms with Gasteiger partial charge in [0.25, 0.3) is 5.89 Å². The van der Waals surface area contributed by atoms with Gasteiger partial charge in [0, 0.05) is 36.1 Å². The first kappa shape index (κ1) is 25.5. The van der Waals surface area contributed by atoms with E-state index in [0.29, 0.717) is 17.8 Å². The van der Waals surface area contributed by atoms with E-state index in [1.165, 1.54) is 24.3 Å². The van der Waals surface area contributed by atoms with Gasteiger partial charge in [-0.2, -0.15) is 10.1 Å². The Hall–Kier alpha value is -4.12. The molecule has 3 heterocycles. The Kier molecular flexibility index (Phi) is 6.94. The van der Waals surface area contributed by atoms with E-state index in [9.17, 15) is 13.2 Å². The van der Waals surface area contributed by atoms with Crippen LogP contribution in [-0.4, -0.2) is 50.3 Å². The molecule has 198 valence electrons. The molecule has 0 amide bonds. The summed E-state index contributed by atoms with van der Waals surface area (Å²) in [4.78, 5) is 6.65. The molecule has 1 saturated heterocycles. The number of halogens is 3. The van der Waals surface area contributed by atoms with Crippen LogP contribution in [0.4, 0.5) is 13.2 Å². The Morgan fingerprint density at radius 1 is 1.13 bits per heavy atom. The number of ether oxygens (including phenoxy) is 1. The van der Waals surface area contributed by atoms with E-state index in [1.807, 2.05) is 29.8 Å². The average Bonchev–Trinajstić information content (AvgIpc) is 3.51. The number of aromatic nitrogens is 4. The van der Waals surface area contributed by atoms with E-state index in [2.05, 4.69) is 43.6 Å². The number of likely N-dealkylation sites (tertiary alicyclic amines) is 1. The molecule has 0 saturated carbocycles. The number of rotatable bonds is 7. The number of nitrogens with zero attached hydrogens (tertiary/aromatic N) is 5. The summed E-state index contributed by atoms with van der Waals surface area (Å²) in [7, 11) is 0. The average molecular weight is 525 g/mol. The van der Waals surface area contributed by atoms with Crippen LogP contribution < -0.4 is 10.5 Å². The Bertz CT molecular complexity index is 1420. The van der Waals surface area contributed by atoms with Crippen molar-refractivity contribution in [1.82, 2.24) is 24.8 Å². The maximum atomic E-state index is 12.4. The third kappa shape index (κ3) is 5.88. The van der Waals surface area contributed by atoms with Crippen molar-refractivity contribution >= 4 is 5.70 Å². The predicted octanol–water partition coefficient (Wildman–Crippen LogP) is 5.25. The second-order valence-electron chi connectivity index (χ2n) is 9.30. The third-order valence-electron chi connectivity index (χ3n) is 6.49. The summed E-state index contributed by atoms with van der Waals surface area (Å²) < 4.78 is 48.3. The van der Waals surface area contributed by atoms with Crippen LogP contribution in [0.2, 0.25) is 0 Å². The first-order valence-corrected chi connectivity index (χ1v) is 12.2. The van der Waals surface area contributed by atoms with Crippen molar-refractivity contribution < 1.29 is 22.4 Å². The molecular weight excluding hydrogens is 497 g/mol. The summed E-state index contributed by atoms with van der Waals surface area (Å²) in [5.41, 5.74) is 11.1. The van der Waals surface area contributed by atoms with Gasteiger partial charge >= 0.3 is 6.36 Å². The van der Waals surface area contributed by atoms with Crippen LogP contribution >= 0.6 is 0 Å². The van der Waals surface area contributed by atoms with E-state index < -0.39 is 6.36 Å². The van der Waals surface area contributed by atoms with Gasteiger partial charge in [0.05, 0.1) is 6.54 Å². The topological polar surface area (TPSA) is 95.2 Å². The molecule has 11 heteroatoms. The highest BCUT2D eigenvalue weighted by molar-refractivity contribution is 5.63. The summed E-state index contributed by atoms with van der Waals surface area (Å²) in [6, 6.07) is 15.6. The number of hydrogen-bond donors (Lipinski definition) is 1. The normalized spacial score (nSPS) is 14.6. The molecule has 0 aliphatic carbocycles. The fourth-order valence-corrected chi connectivity index (χ4v) is 4.40. The fourth-order valence-electron chi connectivity index (χ4n) is 4.40. The fraction of sp³-hybridized carbons (Fsp3) is 0.296. The summed E-state index contributed by atoms with van der Waals surface area (Å²) in [5.74, 6) is 0.116. The molecular formula is C27H27F3N6O2. The molecule has 0 unspecified atom stereocenters. The molecule has 0 spiro atoms. The molecule has 38 heavy (non-hydrogen) atoms. The molecule has 1 aliphatic heterocycles. The van der Waals surface area contributed by atoms with Crippen molar-refractivity contribution in [3.8, 4) is 28.7 Å². The lowest BCUT2D eigenvalue weighted by molar-refractivity contribution is -0.274. The second-order valence-corrected chi connectivity index (χ2v) is 9.30. The lowest BCUT2D eigenvalue weighted by Crippen LogP contribution is -2.38. The molecule has 5 rings (SSSR count). The summed E-state index contributed by atoms with van der Waals surface area (Å²) >= 11 is 0. The quantitative estimate of drug-likeness (QED) is 0.353. The van der Waals surface area contributed by atoms with Crippen LogP contribution in [0.3, 0.4) is 0 Å². The summed E-state index contributed by atoms with van der Waals surface area (Å²) in [6.45, 7) is 8.60. The zero-order valence-corrected chi connectivity index (χ0v) is 20.8. The summed E-state index contributed by atoms with van der Waals surface area (Å²) in [6.07, 6.45) is -2.83. The number of hydrogen-bond acceptors (Lipinski definition) is 7. The molecule has 0 bridgehead atoms. The van der Waals surface area contributed by atoms with Gasteiger partial charge in [0.1, 0.15) is 5.75 Å². The minimum absolute atomic E-state index is 0.211. The van der Waals surface area contributed by atoms with Gasteiger partial charge in [0.15, 0.2) is 5.69 Å². The molecule has 2 aromatic heterocycles. The van der Waals surface area contributed by atoms with Crippen LogP contribution in [0.1, 0.15) is 29.7 Å². The number of piperidine rings is 1. The van der Waals surface area contributed by atoms with Gasteiger partial charge in [-0.05, 0) is 67.3 Å². The number of nitrogens with two attached hydrogens (primary N) is 1. The van der Waals surface area contributed by atoms with Gasteiger partial charge in [-0.15, -0.1) is 13.2 Å². The van der Waals surface area contributed by atoms with Crippen molar-refractivity contribution in [2.24, 2.45) is 5.73 Å². The van der Waals surface area contributed by atoms with Crippen LogP contribution in [0.15, 0.2) is 65.7 Å². The molecule has 1 aliphatic rings. The zero-order valence-electron chi connectivity index (χ0n) is 20.8. The minimum Gasteiger partial charge on any atom is -0.406 e. The SMILES string of the molecule is C=C(c1cccc(Cn2nc(-c3nc(-c4ccc(OC(F)(F)F)cc4)no3)cc2C)c1)N1CCC(N)CC1. The Morgan fingerprint density at radius 2 is 1.87 bits per heavy atom. The van der Waals surface area contributed by atoms with E-state index in [4.69, 9.17) is 10.3 Å². The predicted molar refractivity (Wildman–Crippen MR) is 136 cm³/mol. The summed E-state index contributed by atoms with van der Waals surface area (Å²) in [5, 5.41) is 8.59. The van der Waals surface area contributed by atoms with Crippen molar-refractivity contribution in [1.29, 1.82) is 0 Å². The van der Waals surface area contributed by atoms with Gasteiger partial charge in [-0.1, -0.05) is 29.9 Å². The standard InChI is InChI=1S/C27H27F3N6O2/c1-17-14-24(26-32-25(34-38-26)20-6-8-23(9-7-20)37-27(28,29)30)33-36(17)16-19-4-3-5-21(15-19)18(2)35-12-10-22(31)11-13-35/h3-9,14-15,22H,2,10-13,16,31H2,1H3. The van der Waals surface area contributed by atoms with Gasteiger partial charge < -0.3 is 19.9 Å². The van der Waals surface area contributed by atoms with E-state index in [0.717, 1.165) is 48.4 Å². The number of alkyl halides is 3. The molecule has 4 aromatic rings. The van der Waals surface area contributed by atoms with Crippen molar-refractivity contribution in [3.63, 3.8) is 0 Å². The smallest absolute Gasteiger partial charge is 0.406 e. The lowest BCUT2D eigenvalue weighted by Gasteiger charge is -2.33. The maximum Gasteiger partial charge on any atom is 0.573 e. The van der Waals surface area contributed by atoms with Gasteiger partial charge in [-0.3, -0.25) is 4.68 Å². The first-order chi connectivity index (χ1) is 18.1. The molecule has 2 N–H and O–H groups in total. The molecule has 0 atom stereocenters. The van der Waals surface area contributed by atoms with E-state index in [1.54, 1.807) is 0 Å². The molecule has 2 aromatic carbocycles. The Morgan fingerprint density at radius 3 is 2.58 bits per heavy atom. The minimum atomic E-state index is -4.76. The van der Waals surface area contributed by atoms with E-state index >= 15 is 0 Å². The number of aryl methyl sites for hydroxylation is 1. The lowest BCUT2D eigenvalue weighted by atomic mass is 10.0. The zero-order chi connectivity index (χ0) is 26.9. The highest BCUT2D eigenvalue weighted by Gasteiger charge is 2.31. The largest absolute Gasteiger partial charge is 0.573 e. The monoisotopic (exact) mass is 524 g/mol. The van der Waals surface area contributed by atoms with Crippen LogP contribution in [-0.2, 0) is 6.54 Å². The molecule has 0 radical (unpaired) electrons. The van der Waals surface area contributed by atoms with Crippen LogP contribution in [0.5, 0.6) is 5.75 Å². The number of benzene rings is 2. The molecule has 8 nitrogen and oxygen atoms in total. The third-order valence-corrected chi connectivity index (χ3v) is 6.49. The highest BCUT2D eigenvalue weighted by atomic mass is 19.4. The first-order valence-electron chi connectivity index (χ1n) is 12.2. The molecule has 1 fully saturated rings. The van der Waals surface area contributed by atoms with Crippen molar-refractivity contribution in [2.75, 3.05) is 13.1 Å². The van der Waals surface area contributed by atoms with Gasteiger partial charge in [0.2, 0.25) is 5.82 Å². The Labute approximate surface area is 217 Å².